The van der Waals surface area contributed by atoms with Crippen molar-refractivity contribution in [3.8, 4) is 11.6 Å². The van der Waals surface area contributed by atoms with Crippen LogP contribution in [0.25, 0.3) is 11.6 Å². The van der Waals surface area contributed by atoms with Gasteiger partial charge in [-0.05, 0) is 19.3 Å². The minimum absolute atomic E-state index is 0.594. The zero-order valence-electron chi connectivity index (χ0n) is 10.3. The highest BCUT2D eigenvalue weighted by atomic mass is 15.2. The first-order valence-electron chi connectivity index (χ1n) is 6.35. The molecule has 1 saturated carbocycles. The summed E-state index contributed by atoms with van der Waals surface area (Å²) in [5, 5.41) is 9.96. The maximum atomic E-state index is 4.56. The molecule has 0 amide bonds. The summed E-state index contributed by atoms with van der Waals surface area (Å²) in [5.74, 6) is 2.71. The molecule has 1 aliphatic carbocycles. The SMILES string of the molecule is CCCNc1cc(C2CC2)nc(-c2ncn[nH]2)n1. The fraction of sp³-hybridized carbons (Fsp3) is 0.500. The Kier molecular flexibility index (Phi) is 2.92. The number of H-pyrrole nitrogens is 1. The topological polar surface area (TPSA) is 79.4 Å². The van der Waals surface area contributed by atoms with Crippen LogP contribution in [-0.2, 0) is 0 Å². The number of hydrogen-bond acceptors (Lipinski definition) is 5. The number of aromatic amines is 1. The highest BCUT2D eigenvalue weighted by Gasteiger charge is 2.26. The van der Waals surface area contributed by atoms with Gasteiger partial charge in [0.2, 0.25) is 0 Å². The van der Waals surface area contributed by atoms with E-state index in [1.165, 1.54) is 19.2 Å². The van der Waals surface area contributed by atoms with E-state index in [9.17, 15) is 0 Å². The third kappa shape index (κ3) is 2.32. The van der Waals surface area contributed by atoms with E-state index < -0.39 is 0 Å². The van der Waals surface area contributed by atoms with Crippen molar-refractivity contribution in [1.82, 2.24) is 25.1 Å². The molecule has 0 unspecified atom stereocenters. The summed E-state index contributed by atoms with van der Waals surface area (Å²) >= 11 is 0. The number of nitrogens with zero attached hydrogens (tertiary/aromatic N) is 4. The van der Waals surface area contributed by atoms with Crippen LogP contribution < -0.4 is 5.32 Å². The molecule has 2 aromatic rings. The Morgan fingerprint density at radius 2 is 2.28 bits per heavy atom. The van der Waals surface area contributed by atoms with E-state index >= 15 is 0 Å². The molecule has 1 fully saturated rings. The number of hydrogen-bond donors (Lipinski definition) is 2. The van der Waals surface area contributed by atoms with Crippen LogP contribution in [0.2, 0.25) is 0 Å². The highest BCUT2D eigenvalue weighted by Crippen LogP contribution is 2.39. The third-order valence-corrected chi connectivity index (χ3v) is 2.92. The van der Waals surface area contributed by atoms with Gasteiger partial charge >= 0.3 is 0 Å². The van der Waals surface area contributed by atoms with E-state index in [1.807, 2.05) is 6.07 Å². The number of nitrogens with one attached hydrogen (secondary N) is 2. The van der Waals surface area contributed by atoms with Gasteiger partial charge in [0.1, 0.15) is 12.1 Å². The van der Waals surface area contributed by atoms with E-state index in [4.69, 9.17) is 0 Å². The van der Waals surface area contributed by atoms with Crippen molar-refractivity contribution in [3.63, 3.8) is 0 Å². The Bertz CT molecular complexity index is 517. The zero-order chi connectivity index (χ0) is 12.4. The van der Waals surface area contributed by atoms with Crippen LogP contribution in [0.3, 0.4) is 0 Å². The molecule has 0 saturated heterocycles. The first-order chi connectivity index (χ1) is 8.86. The van der Waals surface area contributed by atoms with E-state index in [1.54, 1.807) is 0 Å². The summed E-state index contributed by atoms with van der Waals surface area (Å²) in [6.45, 7) is 3.05. The van der Waals surface area contributed by atoms with Crippen LogP contribution in [0.15, 0.2) is 12.4 Å². The quantitative estimate of drug-likeness (QED) is 0.840. The number of rotatable bonds is 5. The second kappa shape index (κ2) is 4.72. The van der Waals surface area contributed by atoms with Gasteiger partial charge < -0.3 is 5.32 Å². The Labute approximate surface area is 105 Å². The fourth-order valence-electron chi connectivity index (χ4n) is 1.82. The fourth-order valence-corrected chi connectivity index (χ4v) is 1.82. The molecule has 18 heavy (non-hydrogen) atoms. The molecular weight excluding hydrogens is 228 g/mol. The Morgan fingerprint density at radius 1 is 1.39 bits per heavy atom. The van der Waals surface area contributed by atoms with Crippen molar-refractivity contribution in [2.24, 2.45) is 0 Å². The third-order valence-electron chi connectivity index (χ3n) is 2.92. The largest absolute Gasteiger partial charge is 0.370 e. The Balaban J connectivity index is 1.94. The van der Waals surface area contributed by atoms with Gasteiger partial charge in [-0.1, -0.05) is 6.92 Å². The summed E-state index contributed by atoms with van der Waals surface area (Å²) in [4.78, 5) is 13.1. The Morgan fingerprint density at radius 3 is 2.94 bits per heavy atom. The molecular formula is C12H16N6. The second-order valence-electron chi connectivity index (χ2n) is 4.54. The van der Waals surface area contributed by atoms with Crippen LogP contribution in [0.5, 0.6) is 0 Å². The van der Waals surface area contributed by atoms with Crippen LogP contribution in [0.1, 0.15) is 37.8 Å². The minimum atomic E-state index is 0.594. The molecule has 2 N–H and O–H groups in total. The van der Waals surface area contributed by atoms with Gasteiger partial charge in [0.05, 0.1) is 0 Å². The van der Waals surface area contributed by atoms with Crippen LogP contribution in [0, 0.1) is 0 Å². The second-order valence-corrected chi connectivity index (χ2v) is 4.54. The van der Waals surface area contributed by atoms with Gasteiger partial charge in [-0.2, -0.15) is 5.10 Å². The smallest absolute Gasteiger partial charge is 0.199 e. The van der Waals surface area contributed by atoms with Crippen LogP contribution in [-0.4, -0.2) is 31.7 Å². The molecule has 0 atom stereocenters. The van der Waals surface area contributed by atoms with Crippen molar-refractivity contribution in [1.29, 1.82) is 0 Å². The summed E-state index contributed by atoms with van der Waals surface area (Å²) < 4.78 is 0. The van der Waals surface area contributed by atoms with Gasteiger partial charge in [-0.25, -0.2) is 15.0 Å². The Hall–Kier alpha value is -1.98. The summed E-state index contributed by atoms with van der Waals surface area (Å²) in [5.41, 5.74) is 1.11. The van der Waals surface area contributed by atoms with E-state index in [2.05, 4.69) is 37.4 Å². The number of anilines is 1. The molecule has 2 heterocycles. The van der Waals surface area contributed by atoms with E-state index in [0.29, 0.717) is 17.6 Å². The van der Waals surface area contributed by atoms with E-state index in [0.717, 1.165) is 24.5 Å². The average Bonchev–Trinajstić information content (AvgIpc) is 3.11. The average molecular weight is 244 g/mol. The lowest BCUT2D eigenvalue weighted by molar-refractivity contribution is 0.941. The van der Waals surface area contributed by atoms with Crippen molar-refractivity contribution in [3.05, 3.63) is 18.1 Å². The molecule has 0 spiro atoms. The minimum Gasteiger partial charge on any atom is -0.370 e. The van der Waals surface area contributed by atoms with Gasteiger partial charge in [-0.15, -0.1) is 0 Å². The molecule has 2 aromatic heterocycles. The normalized spacial score (nSPS) is 14.7. The molecule has 0 bridgehead atoms. The summed E-state index contributed by atoms with van der Waals surface area (Å²) in [6.07, 6.45) is 4.99. The summed E-state index contributed by atoms with van der Waals surface area (Å²) in [7, 11) is 0. The molecule has 0 aromatic carbocycles. The maximum Gasteiger partial charge on any atom is 0.199 e. The van der Waals surface area contributed by atoms with Gasteiger partial charge in [0.25, 0.3) is 0 Å². The molecule has 94 valence electrons. The number of aromatic nitrogens is 5. The van der Waals surface area contributed by atoms with Crippen molar-refractivity contribution < 1.29 is 0 Å². The molecule has 6 nitrogen and oxygen atoms in total. The van der Waals surface area contributed by atoms with Gasteiger partial charge in [0.15, 0.2) is 11.6 Å². The molecule has 0 radical (unpaired) electrons. The molecule has 0 aliphatic heterocycles. The van der Waals surface area contributed by atoms with Crippen molar-refractivity contribution >= 4 is 5.82 Å². The standard InChI is InChI=1S/C12H16N6/c1-2-5-13-10-6-9(8-3-4-8)16-12(17-10)11-14-7-15-18-11/h6-8H,2-5H2,1H3,(H,13,16,17)(H,14,15,18). The van der Waals surface area contributed by atoms with Gasteiger partial charge in [-0.3, -0.25) is 5.10 Å². The highest BCUT2D eigenvalue weighted by molar-refractivity contribution is 5.49. The lowest BCUT2D eigenvalue weighted by Crippen LogP contribution is -2.05. The van der Waals surface area contributed by atoms with Crippen molar-refractivity contribution in [2.75, 3.05) is 11.9 Å². The first kappa shape index (κ1) is 11.1. The van der Waals surface area contributed by atoms with Gasteiger partial charge in [0, 0.05) is 24.2 Å². The molecule has 3 rings (SSSR count). The monoisotopic (exact) mass is 244 g/mol. The van der Waals surface area contributed by atoms with Crippen molar-refractivity contribution in [2.45, 2.75) is 32.1 Å². The molecule has 6 heteroatoms. The predicted octanol–water partition coefficient (Wildman–Crippen LogP) is 1.96. The lowest BCUT2D eigenvalue weighted by Gasteiger charge is -2.07. The zero-order valence-corrected chi connectivity index (χ0v) is 10.3. The lowest BCUT2D eigenvalue weighted by atomic mass is 10.2. The van der Waals surface area contributed by atoms with Crippen LogP contribution in [0.4, 0.5) is 5.82 Å². The van der Waals surface area contributed by atoms with E-state index in [-0.39, 0.29) is 0 Å². The van der Waals surface area contributed by atoms with Crippen LogP contribution >= 0.6 is 0 Å². The maximum absolute atomic E-state index is 4.56. The first-order valence-corrected chi connectivity index (χ1v) is 6.35. The predicted molar refractivity (Wildman–Crippen MR) is 68.2 cm³/mol. The molecule has 1 aliphatic rings. The summed E-state index contributed by atoms with van der Waals surface area (Å²) in [6, 6.07) is 2.05.